The summed E-state index contributed by atoms with van der Waals surface area (Å²) in [6.07, 6.45) is 7.56. The monoisotopic (exact) mass is 352 g/mol. The Morgan fingerprint density at radius 1 is 1.38 bits per heavy atom. The number of likely N-dealkylation sites (tertiary alicyclic amines) is 1. The molecule has 2 aliphatic rings. The molecule has 0 bridgehead atoms. The van der Waals surface area contributed by atoms with E-state index in [4.69, 9.17) is 4.52 Å². The van der Waals surface area contributed by atoms with Crippen molar-refractivity contribution in [2.24, 2.45) is 5.92 Å². The van der Waals surface area contributed by atoms with E-state index in [0.29, 0.717) is 42.9 Å². The van der Waals surface area contributed by atoms with Crippen molar-refractivity contribution < 1.29 is 14.1 Å². The van der Waals surface area contributed by atoms with Crippen molar-refractivity contribution in [2.75, 3.05) is 12.8 Å². The molecule has 2 heterocycles. The van der Waals surface area contributed by atoms with Crippen LogP contribution < -0.4 is 5.32 Å². The van der Waals surface area contributed by atoms with Crippen LogP contribution in [0.4, 0.5) is 0 Å². The minimum atomic E-state index is -0.142. The number of rotatable bonds is 6. The summed E-state index contributed by atoms with van der Waals surface area (Å²) < 4.78 is 5.12. The molecule has 1 aromatic heterocycles. The minimum Gasteiger partial charge on any atom is -0.347 e. The highest BCUT2D eigenvalue weighted by Crippen LogP contribution is 2.28. The highest BCUT2D eigenvalue weighted by molar-refractivity contribution is 7.97. The predicted octanol–water partition coefficient (Wildman–Crippen LogP) is 1.73. The number of nitrogens with zero attached hydrogens (tertiary/aromatic N) is 3. The Hall–Kier alpha value is -1.57. The van der Waals surface area contributed by atoms with E-state index >= 15 is 0 Å². The van der Waals surface area contributed by atoms with Crippen molar-refractivity contribution in [3.63, 3.8) is 0 Å². The average Bonchev–Trinajstić information content (AvgIpc) is 3.25. The molecule has 2 amide bonds. The van der Waals surface area contributed by atoms with Crippen LogP contribution in [-0.4, -0.2) is 45.7 Å². The molecule has 1 N–H and O–H groups in total. The number of piperidine rings is 1. The fraction of sp³-hybridized carbons (Fsp3) is 0.750. The number of hydrogen-bond donors (Lipinski definition) is 1. The van der Waals surface area contributed by atoms with Crippen LogP contribution in [-0.2, 0) is 21.9 Å². The molecule has 3 rings (SSSR count). The standard InChI is InChI=1S/C16H24N4O3S/c1-24-10-13-18-14(23-19-13)8-17-16(22)11-6-7-15(21)20(9-11)12-4-2-3-5-12/h11-12H,2-10H2,1H3,(H,17,22)/t11-/m0/s1. The van der Waals surface area contributed by atoms with Crippen LogP contribution in [0, 0.1) is 5.92 Å². The summed E-state index contributed by atoms with van der Waals surface area (Å²) in [6, 6.07) is 0.332. The van der Waals surface area contributed by atoms with Gasteiger partial charge in [0.15, 0.2) is 5.82 Å². The van der Waals surface area contributed by atoms with Crippen molar-refractivity contribution >= 4 is 23.6 Å². The van der Waals surface area contributed by atoms with Crippen LogP contribution in [0.3, 0.4) is 0 Å². The predicted molar refractivity (Wildman–Crippen MR) is 90.1 cm³/mol. The van der Waals surface area contributed by atoms with Crippen LogP contribution in [0.2, 0.25) is 0 Å². The van der Waals surface area contributed by atoms with E-state index in [1.54, 1.807) is 11.8 Å². The number of hydrogen-bond acceptors (Lipinski definition) is 6. The van der Waals surface area contributed by atoms with E-state index < -0.39 is 0 Å². The smallest absolute Gasteiger partial charge is 0.246 e. The Morgan fingerprint density at radius 3 is 2.92 bits per heavy atom. The first kappa shape index (κ1) is 17.3. The lowest BCUT2D eigenvalue weighted by molar-refractivity contribution is -0.140. The van der Waals surface area contributed by atoms with Gasteiger partial charge in [-0.15, -0.1) is 0 Å². The van der Waals surface area contributed by atoms with Gasteiger partial charge in [0.1, 0.15) is 0 Å². The van der Waals surface area contributed by atoms with E-state index in [-0.39, 0.29) is 24.3 Å². The number of carbonyl (C=O) groups is 2. The zero-order valence-corrected chi connectivity index (χ0v) is 14.8. The third-order valence-electron chi connectivity index (χ3n) is 4.78. The normalized spacial score (nSPS) is 22.1. The van der Waals surface area contributed by atoms with Gasteiger partial charge in [-0.05, 0) is 25.5 Å². The minimum absolute atomic E-state index is 0.0323. The Kier molecular flexibility index (Phi) is 5.76. The molecule has 1 saturated heterocycles. The third kappa shape index (κ3) is 4.09. The molecule has 0 spiro atoms. The maximum Gasteiger partial charge on any atom is 0.246 e. The summed E-state index contributed by atoms with van der Waals surface area (Å²) in [5, 5.41) is 6.73. The lowest BCUT2D eigenvalue weighted by Gasteiger charge is -2.36. The molecule has 1 aliphatic carbocycles. The van der Waals surface area contributed by atoms with E-state index in [1.807, 2.05) is 11.2 Å². The molecule has 0 unspecified atom stereocenters. The molecule has 7 nitrogen and oxygen atoms in total. The van der Waals surface area contributed by atoms with Crippen molar-refractivity contribution in [2.45, 2.75) is 56.9 Å². The number of amides is 2. The quantitative estimate of drug-likeness (QED) is 0.839. The van der Waals surface area contributed by atoms with Gasteiger partial charge < -0.3 is 14.7 Å². The van der Waals surface area contributed by atoms with Gasteiger partial charge in [0.25, 0.3) is 0 Å². The maximum absolute atomic E-state index is 12.4. The van der Waals surface area contributed by atoms with Gasteiger partial charge in [-0.2, -0.15) is 16.7 Å². The van der Waals surface area contributed by atoms with Crippen molar-refractivity contribution in [1.82, 2.24) is 20.4 Å². The van der Waals surface area contributed by atoms with E-state index in [9.17, 15) is 9.59 Å². The van der Waals surface area contributed by atoms with Crippen molar-refractivity contribution in [3.05, 3.63) is 11.7 Å². The van der Waals surface area contributed by atoms with Crippen LogP contribution in [0.15, 0.2) is 4.52 Å². The molecule has 1 aliphatic heterocycles. The fourth-order valence-corrected chi connectivity index (χ4v) is 3.89. The molecule has 2 fully saturated rings. The van der Waals surface area contributed by atoms with Crippen LogP contribution in [0.5, 0.6) is 0 Å². The molecule has 1 saturated carbocycles. The second-order valence-corrected chi connectivity index (χ2v) is 7.34. The molecule has 0 radical (unpaired) electrons. The zero-order valence-electron chi connectivity index (χ0n) is 14.0. The molecular formula is C16H24N4O3S. The zero-order chi connectivity index (χ0) is 16.9. The van der Waals surface area contributed by atoms with Gasteiger partial charge >= 0.3 is 0 Å². The molecule has 0 aromatic carbocycles. The first-order chi connectivity index (χ1) is 11.7. The summed E-state index contributed by atoms with van der Waals surface area (Å²) in [4.78, 5) is 30.7. The summed E-state index contributed by atoms with van der Waals surface area (Å²) in [5.41, 5.74) is 0. The van der Waals surface area contributed by atoms with Gasteiger partial charge in [0.05, 0.1) is 18.2 Å². The van der Waals surface area contributed by atoms with Crippen LogP contribution >= 0.6 is 11.8 Å². The van der Waals surface area contributed by atoms with E-state index in [1.165, 1.54) is 12.8 Å². The SMILES string of the molecule is CSCc1noc(CNC(=O)[C@H]2CCC(=O)N(C3CCCC3)C2)n1. The number of nitrogens with one attached hydrogen (secondary N) is 1. The highest BCUT2D eigenvalue weighted by Gasteiger charge is 2.35. The van der Waals surface area contributed by atoms with Gasteiger partial charge in [-0.25, -0.2) is 0 Å². The molecule has 8 heteroatoms. The Labute approximate surface area is 145 Å². The Morgan fingerprint density at radius 2 is 2.17 bits per heavy atom. The second kappa shape index (κ2) is 8.00. The second-order valence-electron chi connectivity index (χ2n) is 6.48. The molecular weight excluding hydrogens is 328 g/mol. The summed E-state index contributed by atoms with van der Waals surface area (Å²) >= 11 is 1.62. The van der Waals surface area contributed by atoms with Gasteiger partial charge in [-0.1, -0.05) is 18.0 Å². The van der Waals surface area contributed by atoms with Gasteiger partial charge in [0, 0.05) is 19.0 Å². The fourth-order valence-electron chi connectivity index (χ4n) is 3.51. The first-order valence-corrected chi connectivity index (χ1v) is 9.94. The van der Waals surface area contributed by atoms with Crippen LogP contribution in [0.25, 0.3) is 0 Å². The third-order valence-corrected chi connectivity index (χ3v) is 5.32. The van der Waals surface area contributed by atoms with E-state index in [2.05, 4.69) is 15.5 Å². The van der Waals surface area contributed by atoms with E-state index in [0.717, 1.165) is 12.8 Å². The average molecular weight is 352 g/mol. The number of thioether (sulfide) groups is 1. The van der Waals surface area contributed by atoms with Gasteiger partial charge in [0.2, 0.25) is 17.7 Å². The molecule has 1 atom stereocenters. The Balaban J connectivity index is 1.51. The largest absolute Gasteiger partial charge is 0.347 e. The summed E-state index contributed by atoms with van der Waals surface area (Å²) in [7, 11) is 0. The highest BCUT2D eigenvalue weighted by atomic mass is 32.2. The van der Waals surface area contributed by atoms with Crippen molar-refractivity contribution in [1.29, 1.82) is 0 Å². The molecule has 1 aromatic rings. The Bertz CT molecular complexity index is 586. The van der Waals surface area contributed by atoms with Crippen molar-refractivity contribution in [3.8, 4) is 0 Å². The molecule has 24 heavy (non-hydrogen) atoms. The number of carbonyl (C=O) groups excluding carboxylic acids is 2. The maximum atomic E-state index is 12.4. The number of aromatic nitrogens is 2. The summed E-state index contributed by atoms with van der Waals surface area (Å²) in [6.45, 7) is 0.783. The topological polar surface area (TPSA) is 88.3 Å². The lowest BCUT2D eigenvalue weighted by atomic mass is 9.95. The molecule has 132 valence electrons. The van der Waals surface area contributed by atoms with Crippen LogP contribution in [0.1, 0.15) is 50.2 Å². The van der Waals surface area contributed by atoms with Gasteiger partial charge in [-0.3, -0.25) is 9.59 Å². The summed E-state index contributed by atoms with van der Waals surface area (Å²) in [5.74, 6) is 1.78. The first-order valence-electron chi connectivity index (χ1n) is 8.55. The lowest BCUT2D eigenvalue weighted by Crippen LogP contribution is -2.49.